The van der Waals surface area contributed by atoms with Gasteiger partial charge in [0, 0.05) is 24.7 Å². The van der Waals surface area contributed by atoms with Crippen LogP contribution in [-0.4, -0.2) is 27.6 Å². The molecule has 1 fully saturated rings. The molecule has 2 aromatic rings. The summed E-state index contributed by atoms with van der Waals surface area (Å²) in [6, 6.07) is 5.13. The van der Waals surface area contributed by atoms with Crippen LogP contribution in [-0.2, 0) is 11.0 Å². The van der Waals surface area contributed by atoms with Crippen molar-refractivity contribution in [3.8, 4) is 0 Å². The Morgan fingerprint density at radius 3 is 2.50 bits per heavy atom. The van der Waals surface area contributed by atoms with Gasteiger partial charge in [0.05, 0.1) is 16.4 Å². The molecule has 1 heterocycles. The van der Waals surface area contributed by atoms with Gasteiger partial charge in [-0.15, -0.1) is 0 Å². The summed E-state index contributed by atoms with van der Waals surface area (Å²) in [6.07, 6.45) is -4.64. The molecule has 0 saturated heterocycles. The second-order valence-electron chi connectivity index (χ2n) is 11.1. The second-order valence-corrected chi connectivity index (χ2v) is 11.5. The van der Waals surface area contributed by atoms with Gasteiger partial charge in [0.25, 0.3) is 0 Å². The maximum absolute atomic E-state index is 14.3. The minimum absolute atomic E-state index is 0.0838. The molecular weight excluding hydrogens is 497 g/mol. The van der Waals surface area contributed by atoms with Gasteiger partial charge in [-0.1, -0.05) is 43.6 Å². The molecule has 1 aliphatic carbocycles. The number of aliphatic hydroxyl groups is 1. The van der Waals surface area contributed by atoms with Crippen LogP contribution < -0.4 is 5.32 Å². The van der Waals surface area contributed by atoms with Crippen molar-refractivity contribution in [2.24, 2.45) is 11.3 Å². The van der Waals surface area contributed by atoms with Gasteiger partial charge in [-0.25, -0.2) is 0 Å². The second kappa shape index (κ2) is 11.0. The highest BCUT2D eigenvalue weighted by atomic mass is 35.5. The Hall–Kier alpha value is -2.26. The van der Waals surface area contributed by atoms with Gasteiger partial charge in [-0.2, -0.15) is 13.2 Å². The first-order valence-corrected chi connectivity index (χ1v) is 12.5. The van der Waals surface area contributed by atoms with Gasteiger partial charge in [0.2, 0.25) is 0 Å². The number of aliphatic carboxylic acids is 1. The van der Waals surface area contributed by atoms with Crippen LogP contribution in [0.3, 0.4) is 0 Å². The fourth-order valence-corrected chi connectivity index (χ4v) is 5.34. The Kier molecular flexibility index (Phi) is 8.66. The van der Waals surface area contributed by atoms with E-state index in [4.69, 9.17) is 16.1 Å². The number of benzene rings is 1. The van der Waals surface area contributed by atoms with E-state index in [9.17, 15) is 28.2 Å². The van der Waals surface area contributed by atoms with E-state index in [2.05, 4.69) is 31.2 Å². The van der Waals surface area contributed by atoms with Gasteiger partial charge in [-0.3, -0.25) is 4.79 Å². The molecule has 0 amide bonds. The first kappa shape index (κ1) is 28.3. The number of hydrogen-bond acceptors (Lipinski definition) is 5. The molecule has 0 spiro atoms. The zero-order chi connectivity index (χ0) is 26.8. The highest BCUT2D eigenvalue weighted by Gasteiger charge is 2.47. The third-order valence-electron chi connectivity index (χ3n) is 6.58. The van der Waals surface area contributed by atoms with Crippen molar-refractivity contribution in [3.63, 3.8) is 0 Å². The number of nitrogens with zero attached hydrogens (tertiary/aromatic N) is 1. The Morgan fingerprint density at radius 1 is 1.28 bits per heavy atom. The number of hydrogen-bond donors (Lipinski definition) is 3. The highest BCUT2D eigenvalue weighted by Crippen LogP contribution is 2.51. The van der Waals surface area contributed by atoms with E-state index in [0.717, 1.165) is 12.0 Å². The van der Waals surface area contributed by atoms with Crippen LogP contribution in [0.5, 0.6) is 0 Å². The van der Waals surface area contributed by atoms with Gasteiger partial charge in [0.15, 0.2) is 5.76 Å². The molecule has 1 aromatic carbocycles. The number of anilines is 1. The molecule has 2 unspecified atom stereocenters. The lowest BCUT2D eigenvalue weighted by molar-refractivity contribution is -0.140. The van der Waals surface area contributed by atoms with Crippen molar-refractivity contribution in [2.45, 2.75) is 90.5 Å². The number of aromatic nitrogens is 1. The van der Waals surface area contributed by atoms with Crippen LogP contribution in [0.4, 0.5) is 18.9 Å². The van der Waals surface area contributed by atoms with Crippen molar-refractivity contribution in [3.05, 3.63) is 45.8 Å². The third-order valence-corrected chi connectivity index (χ3v) is 6.90. The molecule has 0 aliphatic heterocycles. The standard InChI is InChI=1S/C26H34ClF3N2O4/c1-14-5-7-19(18(27)9-14)31-20(33)12-16(6-8-21(34)35)23-22(26(28,29)30)24(36-32-23)17-10-15(11-17)13-25(2,3)4/h5,7,9,15-17,20,31,33H,6,8,10-13H2,1-4H3,(H,34,35). The maximum atomic E-state index is 14.3. The normalized spacial score (nSPS) is 20.0. The molecule has 36 heavy (non-hydrogen) atoms. The van der Waals surface area contributed by atoms with Crippen molar-refractivity contribution >= 4 is 23.3 Å². The topological polar surface area (TPSA) is 95.6 Å². The van der Waals surface area contributed by atoms with Crippen LogP contribution in [0, 0.1) is 18.3 Å². The zero-order valence-electron chi connectivity index (χ0n) is 21.0. The smallest absolute Gasteiger partial charge is 0.421 e. The van der Waals surface area contributed by atoms with Crippen LogP contribution in [0.15, 0.2) is 22.7 Å². The number of nitrogens with one attached hydrogen (secondary N) is 1. The number of alkyl halides is 3. The summed E-state index contributed by atoms with van der Waals surface area (Å²) in [5.74, 6) is -2.40. The van der Waals surface area contributed by atoms with Crippen LogP contribution in [0.1, 0.15) is 93.7 Å². The molecule has 0 radical (unpaired) electrons. The Balaban J connectivity index is 1.84. The van der Waals surface area contributed by atoms with E-state index in [1.807, 2.05) is 6.92 Å². The number of carboxylic acid groups (broad SMARTS) is 1. The van der Waals surface area contributed by atoms with E-state index in [-0.39, 0.29) is 42.0 Å². The number of carbonyl (C=O) groups is 1. The summed E-state index contributed by atoms with van der Waals surface area (Å²) in [5.41, 5.74) is 0.125. The average Bonchev–Trinajstić information content (AvgIpc) is 3.14. The molecule has 1 aliphatic rings. The Labute approximate surface area is 214 Å². The molecule has 10 heteroatoms. The lowest BCUT2D eigenvalue weighted by atomic mass is 9.67. The van der Waals surface area contributed by atoms with Crippen molar-refractivity contribution < 1.29 is 32.7 Å². The summed E-state index contributed by atoms with van der Waals surface area (Å²) in [5, 5.41) is 26.8. The number of rotatable bonds is 10. The monoisotopic (exact) mass is 530 g/mol. The largest absolute Gasteiger partial charge is 0.481 e. The lowest BCUT2D eigenvalue weighted by Crippen LogP contribution is -2.28. The zero-order valence-corrected chi connectivity index (χ0v) is 21.7. The maximum Gasteiger partial charge on any atom is 0.421 e. The molecular formula is C26H34ClF3N2O4. The fraction of sp³-hybridized carbons (Fsp3) is 0.615. The summed E-state index contributed by atoms with van der Waals surface area (Å²) in [7, 11) is 0. The number of aliphatic hydroxyl groups excluding tert-OH is 1. The third kappa shape index (κ3) is 7.38. The van der Waals surface area contributed by atoms with E-state index < -0.39 is 29.9 Å². The molecule has 1 aromatic heterocycles. The molecule has 3 N–H and O–H groups in total. The molecule has 2 atom stereocenters. The van der Waals surface area contributed by atoms with E-state index in [0.29, 0.717) is 29.5 Å². The van der Waals surface area contributed by atoms with Crippen molar-refractivity contribution in [1.29, 1.82) is 0 Å². The molecule has 200 valence electrons. The number of carboxylic acids is 1. The van der Waals surface area contributed by atoms with Gasteiger partial charge in [0.1, 0.15) is 11.8 Å². The summed E-state index contributed by atoms with van der Waals surface area (Å²) < 4.78 is 48.0. The summed E-state index contributed by atoms with van der Waals surface area (Å²) in [4.78, 5) is 11.2. The van der Waals surface area contributed by atoms with Crippen molar-refractivity contribution in [2.75, 3.05) is 5.32 Å². The van der Waals surface area contributed by atoms with Gasteiger partial charge < -0.3 is 20.1 Å². The number of halogens is 4. The SMILES string of the molecule is Cc1ccc(NC(O)CC(CCC(=O)O)c2noc(C3CC(CC(C)(C)C)C3)c2C(F)(F)F)c(Cl)c1. The fourth-order valence-electron chi connectivity index (χ4n) is 5.05. The van der Waals surface area contributed by atoms with Gasteiger partial charge >= 0.3 is 12.1 Å². The van der Waals surface area contributed by atoms with E-state index in [1.165, 1.54) is 0 Å². The molecule has 0 bridgehead atoms. The Bertz CT molecular complexity index is 1060. The van der Waals surface area contributed by atoms with Crippen molar-refractivity contribution in [1.82, 2.24) is 5.16 Å². The highest BCUT2D eigenvalue weighted by molar-refractivity contribution is 6.33. The Morgan fingerprint density at radius 2 is 1.94 bits per heavy atom. The van der Waals surface area contributed by atoms with E-state index in [1.54, 1.807) is 18.2 Å². The van der Waals surface area contributed by atoms with E-state index >= 15 is 0 Å². The number of aryl methyl sites for hydroxylation is 1. The minimum Gasteiger partial charge on any atom is -0.481 e. The molecule has 3 rings (SSSR count). The lowest BCUT2D eigenvalue weighted by Gasteiger charge is -2.38. The summed E-state index contributed by atoms with van der Waals surface area (Å²) >= 11 is 6.20. The quantitative estimate of drug-likeness (QED) is 0.278. The minimum atomic E-state index is -4.72. The predicted molar refractivity (Wildman–Crippen MR) is 131 cm³/mol. The first-order chi connectivity index (χ1) is 16.6. The van der Waals surface area contributed by atoms with Crippen LogP contribution in [0.25, 0.3) is 0 Å². The molecule has 6 nitrogen and oxygen atoms in total. The first-order valence-electron chi connectivity index (χ1n) is 12.1. The molecule has 1 saturated carbocycles. The van der Waals surface area contributed by atoms with Crippen LogP contribution in [0.2, 0.25) is 5.02 Å². The summed E-state index contributed by atoms with van der Waals surface area (Å²) in [6.45, 7) is 8.15. The van der Waals surface area contributed by atoms with Crippen LogP contribution >= 0.6 is 11.6 Å². The predicted octanol–water partition coefficient (Wildman–Crippen LogP) is 7.35. The average molecular weight is 531 g/mol. The van der Waals surface area contributed by atoms with Gasteiger partial charge in [-0.05, 0) is 61.6 Å².